The summed E-state index contributed by atoms with van der Waals surface area (Å²) in [5.41, 5.74) is -0.683. The number of esters is 3. The summed E-state index contributed by atoms with van der Waals surface area (Å²) in [6.07, 6.45) is -1.26. The topological polar surface area (TPSA) is 140 Å². The van der Waals surface area contributed by atoms with Crippen molar-refractivity contribution in [1.82, 2.24) is 0 Å². The monoisotopic (exact) mass is 416 g/mol. The van der Waals surface area contributed by atoms with Crippen molar-refractivity contribution in [3.8, 4) is 0 Å². The lowest BCUT2D eigenvalue weighted by molar-refractivity contribution is -0.157. The minimum Gasteiger partial charge on any atom is -0.459 e. The number of aliphatic hydroxyl groups is 3. The lowest BCUT2D eigenvalue weighted by Crippen LogP contribution is -2.30. The maximum Gasteiger partial charge on any atom is 0.331 e. The molecule has 0 fully saturated rings. The molecule has 0 aromatic heterocycles. The molecule has 0 unspecified atom stereocenters. The Balaban J connectivity index is 4.65. The SMILES string of the molecule is C[C@H](CC(=O)O[C@H](/C=C/C(=O)OC(C)(C)C)[C@H](C)O)OC(=O)/C=C/[C@@H](O)[C@H](C)O. The molecule has 5 atom stereocenters. The molecule has 0 saturated carbocycles. The predicted molar refractivity (Wildman–Crippen MR) is 104 cm³/mol. The molecule has 9 nitrogen and oxygen atoms in total. The van der Waals surface area contributed by atoms with E-state index in [1.54, 1.807) is 20.8 Å². The number of hydrogen-bond donors (Lipinski definition) is 3. The largest absolute Gasteiger partial charge is 0.459 e. The molecule has 0 saturated heterocycles. The van der Waals surface area contributed by atoms with Crippen LogP contribution in [0.5, 0.6) is 0 Å². The van der Waals surface area contributed by atoms with Gasteiger partial charge in [0.25, 0.3) is 0 Å². The fourth-order valence-corrected chi connectivity index (χ4v) is 1.86. The van der Waals surface area contributed by atoms with Crippen LogP contribution in [0.25, 0.3) is 0 Å². The quantitative estimate of drug-likeness (QED) is 0.268. The minimum absolute atomic E-state index is 0.290. The summed E-state index contributed by atoms with van der Waals surface area (Å²) in [4.78, 5) is 35.3. The molecule has 166 valence electrons. The molecule has 0 aliphatic rings. The molecule has 3 N–H and O–H groups in total. The van der Waals surface area contributed by atoms with Gasteiger partial charge in [0.15, 0.2) is 0 Å². The van der Waals surface area contributed by atoms with Crippen LogP contribution in [-0.4, -0.2) is 69.3 Å². The average Bonchev–Trinajstić information content (AvgIpc) is 2.54. The fraction of sp³-hybridized carbons (Fsp3) is 0.650. The van der Waals surface area contributed by atoms with Crippen molar-refractivity contribution >= 4 is 17.9 Å². The number of aliphatic hydroxyl groups excluding tert-OH is 3. The Labute approximate surface area is 171 Å². The van der Waals surface area contributed by atoms with Crippen molar-refractivity contribution in [2.45, 2.75) is 84.1 Å². The number of hydrogen-bond acceptors (Lipinski definition) is 9. The highest BCUT2D eigenvalue weighted by Crippen LogP contribution is 2.10. The van der Waals surface area contributed by atoms with Crippen molar-refractivity contribution in [3.63, 3.8) is 0 Å². The fourth-order valence-electron chi connectivity index (χ4n) is 1.86. The first kappa shape index (κ1) is 26.8. The van der Waals surface area contributed by atoms with Gasteiger partial charge in [-0.1, -0.05) is 0 Å². The Bertz CT molecular complexity index is 600. The zero-order valence-corrected chi connectivity index (χ0v) is 17.7. The molecule has 0 rings (SSSR count). The molecule has 0 aromatic carbocycles. The first-order valence-corrected chi connectivity index (χ1v) is 9.25. The van der Waals surface area contributed by atoms with Crippen LogP contribution in [0.1, 0.15) is 48.0 Å². The van der Waals surface area contributed by atoms with Crippen molar-refractivity contribution < 1.29 is 43.9 Å². The number of rotatable bonds is 10. The van der Waals surface area contributed by atoms with Gasteiger partial charge in [-0.2, -0.15) is 0 Å². The minimum atomic E-state index is -1.22. The maximum atomic E-state index is 12.0. The first-order valence-electron chi connectivity index (χ1n) is 9.25. The Morgan fingerprint density at radius 2 is 1.41 bits per heavy atom. The van der Waals surface area contributed by atoms with Gasteiger partial charge in [0, 0.05) is 12.2 Å². The van der Waals surface area contributed by atoms with Crippen LogP contribution in [0.4, 0.5) is 0 Å². The highest BCUT2D eigenvalue weighted by atomic mass is 16.6. The highest BCUT2D eigenvalue weighted by Gasteiger charge is 2.21. The Morgan fingerprint density at radius 3 is 1.90 bits per heavy atom. The molecular weight excluding hydrogens is 384 g/mol. The van der Waals surface area contributed by atoms with E-state index in [0.717, 1.165) is 18.2 Å². The molecular formula is C20H32O9. The Hall–Kier alpha value is -2.23. The molecule has 0 spiro atoms. The summed E-state index contributed by atoms with van der Waals surface area (Å²) >= 11 is 0. The number of ether oxygens (including phenoxy) is 3. The lowest BCUT2D eigenvalue weighted by Gasteiger charge is -2.20. The molecule has 0 aliphatic carbocycles. The van der Waals surface area contributed by atoms with E-state index in [1.165, 1.54) is 26.8 Å². The van der Waals surface area contributed by atoms with Gasteiger partial charge in [0.2, 0.25) is 0 Å². The van der Waals surface area contributed by atoms with Crippen LogP contribution < -0.4 is 0 Å². The van der Waals surface area contributed by atoms with Crippen LogP contribution in [0.3, 0.4) is 0 Å². The van der Waals surface area contributed by atoms with E-state index in [0.29, 0.717) is 0 Å². The third-order valence-corrected chi connectivity index (χ3v) is 3.27. The lowest BCUT2D eigenvalue weighted by atomic mass is 10.2. The molecule has 0 bridgehead atoms. The summed E-state index contributed by atoms with van der Waals surface area (Å²) in [7, 11) is 0. The van der Waals surface area contributed by atoms with Crippen LogP contribution >= 0.6 is 0 Å². The van der Waals surface area contributed by atoms with E-state index in [-0.39, 0.29) is 6.42 Å². The van der Waals surface area contributed by atoms with Gasteiger partial charge < -0.3 is 29.5 Å². The zero-order chi connectivity index (χ0) is 22.8. The molecule has 9 heteroatoms. The molecule has 0 radical (unpaired) electrons. The third-order valence-electron chi connectivity index (χ3n) is 3.27. The van der Waals surface area contributed by atoms with Crippen molar-refractivity contribution in [1.29, 1.82) is 0 Å². The smallest absolute Gasteiger partial charge is 0.331 e. The molecule has 29 heavy (non-hydrogen) atoms. The molecule has 0 aromatic rings. The molecule has 0 aliphatic heterocycles. The average molecular weight is 416 g/mol. The van der Waals surface area contributed by atoms with Gasteiger partial charge in [-0.3, -0.25) is 4.79 Å². The van der Waals surface area contributed by atoms with Crippen LogP contribution in [0.15, 0.2) is 24.3 Å². The second-order valence-electron chi connectivity index (χ2n) is 7.63. The van der Waals surface area contributed by atoms with E-state index in [4.69, 9.17) is 19.3 Å². The summed E-state index contributed by atoms with van der Waals surface area (Å²) in [6, 6.07) is 0. The number of carbonyl (C=O) groups is 3. The van der Waals surface area contributed by atoms with E-state index in [1.807, 2.05) is 0 Å². The summed E-state index contributed by atoms with van der Waals surface area (Å²) in [5.74, 6) is -2.20. The normalized spacial score (nSPS) is 17.4. The van der Waals surface area contributed by atoms with Gasteiger partial charge in [-0.25, -0.2) is 9.59 Å². The van der Waals surface area contributed by atoms with Gasteiger partial charge in [0.05, 0.1) is 24.7 Å². The second kappa shape index (κ2) is 12.4. The maximum absolute atomic E-state index is 12.0. The van der Waals surface area contributed by atoms with Gasteiger partial charge in [-0.05, 0) is 53.7 Å². The predicted octanol–water partition coefficient (Wildman–Crippen LogP) is 0.797. The Kier molecular flexibility index (Phi) is 11.4. The van der Waals surface area contributed by atoms with Gasteiger partial charge in [-0.15, -0.1) is 0 Å². The number of carbonyl (C=O) groups excluding carboxylic acids is 3. The Morgan fingerprint density at radius 1 is 0.862 bits per heavy atom. The van der Waals surface area contributed by atoms with Gasteiger partial charge >= 0.3 is 17.9 Å². The van der Waals surface area contributed by atoms with E-state index in [9.17, 15) is 24.6 Å². The summed E-state index contributed by atoms with van der Waals surface area (Å²) < 4.78 is 15.2. The summed E-state index contributed by atoms with van der Waals surface area (Å²) in [6.45, 7) is 9.32. The van der Waals surface area contributed by atoms with E-state index >= 15 is 0 Å². The first-order chi connectivity index (χ1) is 13.2. The standard InChI is InChI=1S/C20H32O9/c1-12(27-17(24)9-7-15(23)13(2)21)11-19(26)28-16(14(3)22)8-10-18(25)29-20(4,5)6/h7-10,12-16,21-23H,11H2,1-6H3/b9-7+,10-8+/t12-,13+,14+,15-,16-/m1/s1. The van der Waals surface area contributed by atoms with Crippen molar-refractivity contribution in [2.75, 3.05) is 0 Å². The summed E-state index contributed by atoms with van der Waals surface area (Å²) in [5, 5.41) is 28.2. The molecule has 0 amide bonds. The van der Waals surface area contributed by atoms with Crippen LogP contribution in [-0.2, 0) is 28.6 Å². The van der Waals surface area contributed by atoms with Crippen LogP contribution in [0.2, 0.25) is 0 Å². The second-order valence-corrected chi connectivity index (χ2v) is 7.63. The van der Waals surface area contributed by atoms with Crippen molar-refractivity contribution in [3.05, 3.63) is 24.3 Å². The van der Waals surface area contributed by atoms with E-state index in [2.05, 4.69) is 0 Å². The van der Waals surface area contributed by atoms with E-state index < -0.39 is 54.0 Å². The van der Waals surface area contributed by atoms with Crippen LogP contribution in [0, 0.1) is 0 Å². The molecule has 0 heterocycles. The highest BCUT2D eigenvalue weighted by molar-refractivity contribution is 5.83. The van der Waals surface area contributed by atoms with Gasteiger partial charge in [0.1, 0.15) is 17.8 Å². The zero-order valence-electron chi connectivity index (χ0n) is 17.7. The third kappa shape index (κ3) is 13.6. The van der Waals surface area contributed by atoms with Crippen molar-refractivity contribution in [2.24, 2.45) is 0 Å².